The van der Waals surface area contributed by atoms with Crippen LogP contribution >= 0.6 is 0 Å². The highest BCUT2D eigenvalue weighted by molar-refractivity contribution is 5.95. The lowest BCUT2D eigenvalue weighted by Gasteiger charge is -2.19. The summed E-state index contributed by atoms with van der Waals surface area (Å²) in [4.78, 5) is 20.2. The Labute approximate surface area is 156 Å². The van der Waals surface area contributed by atoms with Gasteiger partial charge in [0.05, 0.1) is 0 Å². The topological polar surface area (TPSA) is 85.4 Å². The van der Waals surface area contributed by atoms with Crippen molar-refractivity contribution in [2.45, 2.75) is 6.92 Å². The number of ketones is 1. The zero-order valence-corrected chi connectivity index (χ0v) is 14.7. The molecule has 4 rings (SSSR count). The van der Waals surface area contributed by atoms with Gasteiger partial charge in [0.15, 0.2) is 17.3 Å². The summed E-state index contributed by atoms with van der Waals surface area (Å²) in [5.74, 6) is 2.51. The standard InChI is InChI=1S/C20H18N4O3/c1-13(25)14-3-2-4-15(11-14)23-20-21-8-7-19(24-20)22-16-5-6-17-18(12-16)27-10-9-26-17/h2-8,11-12H,9-10H2,1H3,(H2,21,22,23,24). The summed E-state index contributed by atoms with van der Waals surface area (Å²) in [5.41, 5.74) is 2.22. The molecule has 0 bridgehead atoms. The number of rotatable bonds is 5. The van der Waals surface area contributed by atoms with Crippen molar-refractivity contribution in [3.8, 4) is 11.5 Å². The molecule has 0 spiro atoms. The van der Waals surface area contributed by atoms with Crippen molar-refractivity contribution in [3.63, 3.8) is 0 Å². The Morgan fingerprint density at radius 1 is 0.963 bits per heavy atom. The Morgan fingerprint density at radius 3 is 2.63 bits per heavy atom. The van der Waals surface area contributed by atoms with E-state index in [-0.39, 0.29) is 5.78 Å². The molecule has 136 valence electrons. The molecule has 1 aliphatic rings. The fraction of sp³-hybridized carbons (Fsp3) is 0.150. The third-order valence-electron chi connectivity index (χ3n) is 4.00. The van der Waals surface area contributed by atoms with Crippen molar-refractivity contribution in [1.29, 1.82) is 0 Å². The third kappa shape index (κ3) is 3.98. The van der Waals surface area contributed by atoms with Crippen LogP contribution < -0.4 is 20.1 Å². The molecule has 3 aromatic rings. The summed E-state index contributed by atoms with van der Waals surface area (Å²) < 4.78 is 11.1. The summed E-state index contributed by atoms with van der Waals surface area (Å²) in [5, 5.41) is 6.35. The molecule has 0 radical (unpaired) electrons. The van der Waals surface area contributed by atoms with Gasteiger partial charge in [-0.15, -0.1) is 0 Å². The predicted molar refractivity (Wildman–Crippen MR) is 102 cm³/mol. The second-order valence-electron chi connectivity index (χ2n) is 6.01. The van der Waals surface area contributed by atoms with Crippen LogP contribution in [0.4, 0.5) is 23.1 Å². The maximum absolute atomic E-state index is 11.5. The van der Waals surface area contributed by atoms with Crippen LogP contribution in [0, 0.1) is 0 Å². The maximum atomic E-state index is 11.5. The highest BCUT2D eigenvalue weighted by Crippen LogP contribution is 2.33. The molecule has 0 aliphatic carbocycles. The molecule has 2 heterocycles. The number of anilines is 4. The van der Waals surface area contributed by atoms with Crippen LogP contribution in [0.25, 0.3) is 0 Å². The number of nitrogens with zero attached hydrogens (tertiary/aromatic N) is 2. The monoisotopic (exact) mass is 362 g/mol. The summed E-state index contributed by atoms with van der Waals surface area (Å²) in [7, 11) is 0. The molecule has 2 aromatic carbocycles. The van der Waals surface area contributed by atoms with E-state index in [2.05, 4.69) is 20.6 Å². The molecule has 2 N–H and O–H groups in total. The molecule has 7 heteroatoms. The van der Waals surface area contributed by atoms with Gasteiger partial charge >= 0.3 is 0 Å². The zero-order chi connectivity index (χ0) is 18.6. The smallest absolute Gasteiger partial charge is 0.229 e. The number of fused-ring (bicyclic) bond motifs is 1. The number of hydrogen-bond donors (Lipinski definition) is 2. The second kappa shape index (κ2) is 7.33. The van der Waals surface area contributed by atoms with Gasteiger partial charge in [-0.2, -0.15) is 4.98 Å². The van der Waals surface area contributed by atoms with E-state index in [9.17, 15) is 4.79 Å². The van der Waals surface area contributed by atoms with Gasteiger partial charge in [0.1, 0.15) is 19.0 Å². The Morgan fingerprint density at radius 2 is 1.78 bits per heavy atom. The Balaban J connectivity index is 1.51. The number of nitrogens with one attached hydrogen (secondary N) is 2. The predicted octanol–water partition coefficient (Wildman–Crippen LogP) is 3.94. The lowest BCUT2D eigenvalue weighted by Crippen LogP contribution is -2.15. The largest absolute Gasteiger partial charge is 0.486 e. The van der Waals surface area contributed by atoms with E-state index >= 15 is 0 Å². The number of aromatic nitrogens is 2. The molecule has 0 atom stereocenters. The molecule has 0 unspecified atom stereocenters. The first-order chi connectivity index (χ1) is 13.2. The van der Waals surface area contributed by atoms with Crippen molar-refractivity contribution in [2.24, 2.45) is 0 Å². The molecule has 1 aromatic heterocycles. The van der Waals surface area contributed by atoms with Crippen LogP contribution in [0.2, 0.25) is 0 Å². The molecule has 7 nitrogen and oxygen atoms in total. The first kappa shape index (κ1) is 16.8. The van der Waals surface area contributed by atoms with Gasteiger partial charge in [0.2, 0.25) is 5.95 Å². The van der Waals surface area contributed by atoms with Gasteiger partial charge in [-0.1, -0.05) is 12.1 Å². The molecule has 0 saturated carbocycles. The van der Waals surface area contributed by atoms with Crippen molar-refractivity contribution in [3.05, 3.63) is 60.3 Å². The van der Waals surface area contributed by atoms with Crippen LogP contribution in [-0.4, -0.2) is 29.0 Å². The molecule has 0 amide bonds. The summed E-state index contributed by atoms with van der Waals surface area (Å²) in [6, 6.07) is 14.6. The SMILES string of the molecule is CC(=O)c1cccc(Nc2nccc(Nc3ccc4c(c3)OCCO4)n2)c1. The fourth-order valence-electron chi connectivity index (χ4n) is 2.70. The van der Waals surface area contributed by atoms with Gasteiger partial charge < -0.3 is 20.1 Å². The normalized spacial score (nSPS) is 12.3. The lowest BCUT2D eigenvalue weighted by molar-refractivity contribution is 0.101. The molecule has 0 saturated heterocycles. The minimum atomic E-state index is 0.00796. The van der Waals surface area contributed by atoms with Crippen molar-refractivity contribution < 1.29 is 14.3 Å². The number of carbonyl (C=O) groups excluding carboxylic acids is 1. The Kier molecular flexibility index (Phi) is 4.57. The molecule has 27 heavy (non-hydrogen) atoms. The number of Topliss-reactive ketones (excluding diaryl/α,β-unsaturated/α-hetero) is 1. The Bertz CT molecular complexity index is 990. The van der Waals surface area contributed by atoms with Crippen molar-refractivity contribution >= 4 is 28.9 Å². The third-order valence-corrected chi connectivity index (χ3v) is 4.00. The summed E-state index contributed by atoms with van der Waals surface area (Å²) >= 11 is 0. The van der Waals surface area contributed by atoms with Crippen LogP contribution in [-0.2, 0) is 0 Å². The number of benzene rings is 2. The van der Waals surface area contributed by atoms with E-state index in [1.54, 1.807) is 24.4 Å². The van der Waals surface area contributed by atoms with Gasteiger partial charge in [0, 0.05) is 29.2 Å². The molecular weight excluding hydrogens is 344 g/mol. The van der Waals surface area contributed by atoms with Crippen LogP contribution in [0.5, 0.6) is 11.5 Å². The van der Waals surface area contributed by atoms with E-state index in [0.29, 0.717) is 36.3 Å². The quantitative estimate of drug-likeness (QED) is 0.665. The van der Waals surface area contributed by atoms with Gasteiger partial charge in [-0.25, -0.2) is 4.98 Å². The van der Waals surface area contributed by atoms with E-state index in [4.69, 9.17) is 9.47 Å². The van der Waals surface area contributed by atoms with E-state index in [1.807, 2.05) is 30.3 Å². The summed E-state index contributed by atoms with van der Waals surface area (Å²) in [6.45, 7) is 2.64. The number of ether oxygens (including phenoxy) is 2. The number of hydrogen-bond acceptors (Lipinski definition) is 7. The highest BCUT2D eigenvalue weighted by atomic mass is 16.6. The average Bonchev–Trinajstić information content (AvgIpc) is 2.68. The lowest BCUT2D eigenvalue weighted by atomic mass is 10.1. The van der Waals surface area contributed by atoms with Crippen molar-refractivity contribution in [2.75, 3.05) is 23.8 Å². The average molecular weight is 362 g/mol. The second-order valence-corrected chi connectivity index (χ2v) is 6.01. The first-order valence-electron chi connectivity index (χ1n) is 8.55. The van der Waals surface area contributed by atoms with Crippen molar-refractivity contribution in [1.82, 2.24) is 9.97 Å². The Hall–Kier alpha value is -3.61. The first-order valence-corrected chi connectivity index (χ1v) is 8.55. The van der Waals surface area contributed by atoms with E-state index in [0.717, 1.165) is 17.1 Å². The van der Waals surface area contributed by atoms with Gasteiger partial charge in [-0.05, 0) is 37.3 Å². The van der Waals surface area contributed by atoms with Gasteiger partial charge in [-0.3, -0.25) is 4.79 Å². The van der Waals surface area contributed by atoms with Crippen LogP contribution in [0.1, 0.15) is 17.3 Å². The van der Waals surface area contributed by atoms with Crippen LogP contribution in [0.15, 0.2) is 54.7 Å². The maximum Gasteiger partial charge on any atom is 0.229 e. The van der Waals surface area contributed by atoms with Crippen LogP contribution in [0.3, 0.4) is 0 Å². The molecular formula is C20H18N4O3. The minimum absolute atomic E-state index is 0.00796. The van der Waals surface area contributed by atoms with E-state index in [1.165, 1.54) is 6.92 Å². The molecule has 0 fully saturated rings. The fourth-order valence-corrected chi connectivity index (χ4v) is 2.70. The highest BCUT2D eigenvalue weighted by Gasteiger charge is 2.12. The number of carbonyl (C=O) groups is 1. The van der Waals surface area contributed by atoms with E-state index < -0.39 is 0 Å². The zero-order valence-electron chi connectivity index (χ0n) is 14.7. The van der Waals surface area contributed by atoms with Gasteiger partial charge in [0.25, 0.3) is 0 Å². The summed E-state index contributed by atoms with van der Waals surface area (Å²) in [6.07, 6.45) is 1.66. The molecule has 1 aliphatic heterocycles. The minimum Gasteiger partial charge on any atom is -0.486 e.